The van der Waals surface area contributed by atoms with Crippen molar-refractivity contribution < 1.29 is 19.2 Å². The molecule has 1 N–H and O–H groups in total. The molecule has 0 unspecified atom stereocenters. The van der Waals surface area contributed by atoms with Gasteiger partial charge in [0.2, 0.25) is 0 Å². The highest BCUT2D eigenvalue weighted by molar-refractivity contribution is 5.93. The van der Waals surface area contributed by atoms with E-state index in [1.807, 2.05) is 30.3 Å². The number of nitro groups is 1. The molecule has 3 rings (SSSR count). The summed E-state index contributed by atoms with van der Waals surface area (Å²) < 4.78 is 5.14. The van der Waals surface area contributed by atoms with Gasteiger partial charge in [0, 0.05) is 25.7 Å². The van der Waals surface area contributed by atoms with E-state index in [1.54, 1.807) is 4.90 Å². The smallest absolute Gasteiger partial charge is 0.338 e. The Morgan fingerprint density at radius 2 is 1.81 bits per heavy atom. The molecule has 0 bridgehead atoms. The average Bonchev–Trinajstić information content (AvgIpc) is 2.75. The monoisotopic (exact) mass is 425 g/mol. The van der Waals surface area contributed by atoms with E-state index in [4.69, 9.17) is 4.74 Å². The maximum atomic E-state index is 12.4. The minimum Gasteiger partial charge on any atom is -0.452 e. The maximum absolute atomic E-state index is 12.4. The van der Waals surface area contributed by atoms with Gasteiger partial charge in [0.15, 0.2) is 6.61 Å². The summed E-state index contributed by atoms with van der Waals surface area (Å²) in [5.41, 5.74) is 1.08. The second-order valence-electron chi connectivity index (χ2n) is 8.15. The SMILES string of the molecule is C[C@H]1C[C@H](C)CN(C(=O)COC(=O)c2ccc(NCc3ccccc3)c([N+](=O)[O-])c2)C1. The first-order chi connectivity index (χ1) is 14.8. The molecule has 0 spiro atoms. The molecule has 0 radical (unpaired) electrons. The zero-order valence-corrected chi connectivity index (χ0v) is 17.7. The Labute approximate surface area is 181 Å². The van der Waals surface area contributed by atoms with Crippen LogP contribution in [0.4, 0.5) is 11.4 Å². The Kier molecular flexibility index (Phi) is 7.23. The standard InChI is InChI=1S/C23H27N3O5/c1-16-10-17(2)14-25(13-16)22(27)15-31-23(28)19-8-9-20(21(11-19)26(29)30)24-12-18-6-4-3-5-7-18/h3-9,11,16-17,24H,10,12-15H2,1-2H3/t16-,17-/m0/s1. The van der Waals surface area contributed by atoms with Gasteiger partial charge in [-0.1, -0.05) is 44.2 Å². The van der Waals surface area contributed by atoms with Gasteiger partial charge >= 0.3 is 5.97 Å². The summed E-state index contributed by atoms with van der Waals surface area (Å²) in [7, 11) is 0. The van der Waals surface area contributed by atoms with Crippen LogP contribution in [-0.2, 0) is 16.1 Å². The van der Waals surface area contributed by atoms with Crippen molar-refractivity contribution in [3.05, 3.63) is 69.8 Å². The van der Waals surface area contributed by atoms with Crippen LogP contribution in [0.2, 0.25) is 0 Å². The number of carbonyl (C=O) groups is 2. The van der Waals surface area contributed by atoms with E-state index in [1.165, 1.54) is 18.2 Å². The molecule has 1 heterocycles. The summed E-state index contributed by atoms with van der Waals surface area (Å²) >= 11 is 0. The van der Waals surface area contributed by atoms with Gasteiger partial charge in [0.1, 0.15) is 5.69 Å². The summed E-state index contributed by atoms with van der Waals surface area (Å²) in [6.45, 7) is 5.51. The molecular weight excluding hydrogens is 398 g/mol. The van der Waals surface area contributed by atoms with Gasteiger partial charge in [0.05, 0.1) is 10.5 Å². The van der Waals surface area contributed by atoms with Crippen molar-refractivity contribution in [2.24, 2.45) is 11.8 Å². The molecule has 2 atom stereocenters. The third kappa shape index (κ3) is 6.04. The lowest BCUT2D eigenvalue weighted by atomic mass is 9.92. The largest absolute Gasteiger partial charge is 0.452 e. The molecular formula is C23H27N3O5. The number of piperidine rings is 1. The lowest BCUT2D eigenvalue weighted by molar-refractivity contribution is -0.384. The number of nitrogens with one attached hydrogen (secondary N) is 1. The Hall–Kier alpha value is -3.42. The van der Waals surface area contributed by atoms with Crippen LogP contribution in [-0.4, -0.2) is 41.4 Å². The van der Waals surface area contributed by atoms with Crippen LogP contribution in [0.3, 0.4) is 0 Å². The van der Waals surface area contributed by atoms with Gasteiger partial charge in [-0.3, -0.25) is 14.9 Å². The van der Waals surface area contributed by atoms with Crippen LogP contribution in [0.15, 0.2) is 48.5 Å². The number of nitrogens with zero attached hydrogens (tertiary/aromatic N) is 2. The predicted octanol–water partition coefficient (Wildman–Crippen LogP) is 3.87. The lowest BCUT2D eigenvalue weighted by Crippen LogP contribution is -2.44. The summed E-state index contributed by atoms with van der Waals surface area (Å²) in [6, 6.07) is 13.6. The predicted molar refractivity (Wildman–Crippen MR) is 117 cm³/mol. The van der Waals surface area contributed by atoms with E-state index in [-0.39, 0.29) is 23.8 Å². The minimum atomic E-state index is -0.760. The van der Waals surface area contributed by atoms with Crippen molar-refractivity contribution in [1.29, 1.82) is 0 Å². The molecule has 8 nitrogen and oxygen atoms in total. The van der Waals surface area contributed by atoms with E-state index < -0.39 is 10.9 Å². The topological polar surface area (TPSA) is 102 Å². The number of anilines is 1. The fraction of sp³-hybridized carbons (Fsp3) is 0.391. The lowest BCUT2D eigenvalue weighted by Gasteiger charge is -2.34. The molecule has 1 fully saturated rings. The van der Waals surface area contributed by atoms with Crippen molar-refractivity contribution >= 4 is 23.3 Å². The van der Waals surface area contributed by atoms with Crippen molar-refractivity contribution in [3.8, 4) is 0 Å². The van der Waals surface area contributed by atoms with Crippen molar-refractivity contribution in [1.82, 2.24) is 4.90 Å². The maximum Gasteiger partial charge on any atom is 0.338 e. The molecule has 31 heavy (non-hydrogen) atoms. The quantitative estimate of drug-likeness (QED) is 0.410. The molecule has 1 aliphatic rings. The van der Waals surface area contributed by atoms with Crippen molar-refractivity contribution in [2.45, 2.75) is 26.8 Å². The summed E-state index contributed by atoms with van der Waals surface area (Å²) in [5.74, 6) is -0.199. The number of nitro benzene ring substituents is 1. The van der Waals surface area contributed by atoms with Crippen LogP contribution in [0.25, 0.3) is 0 Å². The summed E-state index contributed by atoms with van der Waals surface area (Å²) in [5, 5.41) is 14.5. The van der Waals surface area contributed by atoms with Crippen LogP contribution in [0.5, 0.6) is 0 Å². The normalized spacial score (nSPS) is 18.3. The van der Waals surface area contributed by atoms with E-state index in [0.717, 1.165) is 12.0 Å². The number of rotatable bonds is 7. The van der Waals surface area contributed by atoms with E-state index >= 15 is 0 Å². The third-order valence-electron chi connectivity index (χ3n) is 5.30. The molecule has 8 heteroatoms. The van der Waals surface area contributed by atoms with Gasteiger partial charge in [-0.15, -0.1) is 0 Å². The number of amides is 1. The zero-order chi connectivity index (χ0) is 22.4. The van der Waals surface area contributed by atoms with Gasteiger partial charge in [-0.2, -0.15) is 0 Å². The molecule has 0 aliphatic carbocycles. The van der Waals surface area contributed by atoms with E-state index in [2.05, 4.69) is 19.2 Å². The highest BCUT2D eigenvalue weighted by Crippen LogP contribution is 2.27. The second kappa shape index (κ2) is 10.1. The first-order valence-corrected chi connectivity index (χ1v) is 10.3. The van der Waals surface area contributed by atoms with Crippen LogP contribution >= 0.6 is 0 Å². The highest BCUT2D eigenvalue weighted by Gasteiger charge is 2.26. The molecule has 1 amide bonds. The number of benzene rings is 2. The fourth-order valence-electron chi connectivity index (χ4n) is 3.92. The molecule has 2 aromatic carbocycles. The van der Waals surface area contributed by atoms with Crippen molar-refractivity contribution in [2.75, 3.05) is 25.0 Å². The Morgan fingerprint density at radius 1 is 1.13 bits per heavy atom. The molecule has 1 saturated heterocycles. The molecule has 0 saturated carbocycles. The zero-order valence-electron chi connectivity index (χ0n) is 17.7. The number of carbonyl (C=O) groups excluding carboxylic acids is 2. The Balaban J connectivity index is 1.62. The van der Waals surface area contributed by atoms with Crippen LogP contribution in [0, 0.1) is 22.0 Å². The van der Waals surface area contributed by atoms with Gasteiger partial charge in [-0.25, -0.2) is 4.79 Å². The van der Waals surface area contributed by atoms with Gasteiger partial charge in [0.25, 0.3) is 11.6 Å². The average molecular weight is 425 g/mol. The summed E-state index contributed by atoms with van der Waals surface area (Å²) in [4.78, 5) is 37.5. The van der Waals surface area contributed by atoms with Gasteiger partial charge in [-0.05, 0) is 36.0 Å². The molecule has 2 aromatic rings. The molecule has 1 aliphatic heterocycles. The molecule has 0 aromatic heterocycles. The Bertz CT molecular complexity index is 937. The second-order valence-corrected chi connectivity index (χ2v) is 8.15. The number of esters is 1. The highest BCUT2D eigenvalue weighted by atomic mass is 16.6. The van der Waals surface area contributed by atoms with Crippen molar-refractivity contribution in [3.63, 3.8) is 0 Å². The van der Waals surface area contributed by atoms with E-state index in [9.17, 15) is 19.7 Å². The summed E-state index contributed by atoms with van der Waals surface area (Å²) in [6.07, 6.45) is 1.07. The minimum absolute atomic E-state index is 0.0325. The van der Waals surface area contributed by atoms with Gasteiger partial charge < -0.3 is 15.0 Å². The third-order valence-corrected chi connectivity index (χ3v) is 5.30. The number of likely N-dealkylation sites (tertiary alicyclic amines) is 1. The van der Waals surface area contributed by atoms with E-state index in [0.29, 0.717) is 37.2 Å². The van der Waals surface area contributed by atoms with Crippen LogP contribution < -0.4 is 5.32 Å². The number of ether oxygens (including phenoxy) is 1. The first kappa shape index (κ1) is 22.3. The fourth-order valence-corrected chi connectivity index (χ4v) is 3.92. The molecule has 164 valence electrons. The van der Waals surface area contributed by atoms with Crippen LogP contribution in [0.1, 0.15) is 36.2 Å². The number of hydrogen-bond donors (Lipinski definition) is 1. The Morgan fingerprint density at radius 3 is 2.45 bits per heavy atom. The number of hydrogen-bond acceptors (Lipinski definition) is 6. The first-order valence-electron chi connectivity index (χ1n) is 10.3.